The van der Waals surface area contributed by atoms with Crippen molar-refractivity contribution in [2.45, 2.75) is 55.8 Å². The molecule has 1 aromatic rings. The summed E-state index contributed by atoms with van der Waals surface area (Å²) in [6.45, 7) is 7.09. The highest BCUT2D eigenvalue weighted by Gasteiger charge is 2.61. The molecule has 0 spiro atoms. The first-order chi connectivity index (χ1) is 11.5. The van der Waals surface area contributed by atoms with Crippen molar-refractivity contribution in [3.63, 3.8) is 0 Å². The van der Waals surface area contributed by atoms with Crippen LogP contribution in [0.1, 0.15) is 39.7 Å². The van der Waals surface area contributed by atoms with E-state index in [1.807, 2.05) is 13.8 Å². The lowest BCUT2D eigenvalue weighted by atomic mass is 9.80. The Bertz CT molecular complexity index is 819. The van der Waals surface area contributed by atoms with Gasteiger partial charge >= 0.3 is 0 Å². The van der Waals surface area contributed by atoms with E-state index in [4.69, 9.17) is 10.5 Å². The average molecular weight is 368 g/mol. The summed E-state index contributed by atoms with van der Waals surface area (Å²) in [4.78, 5) is 4.56. The molecule has 2 aliphatic heterocycles. The molecule has 1 aromatic carbocycles. The van der Waals surface area contributed by atoms with E-state index in [0.717, 1.165) is 0 Å². The number of fused-ring (bicyclic) bond motifs is 1. The van der Waals surface area contributed by atoms with Crippen LogP contribution < -0.4 is 5.73 Å². The first-order valence-corrected chi connectivity index (χ1v) is 10.0. The minimum atomic E-state index is -3.70. The van der Waals surface area contributed by atoms with E-state index in [0.29, 0.717) is 0 Å². The molecule has 3 atom stereocenters. The molecule has 0 aromatic heterocycles. The van der Waals surface area contributed by atoms with Gasteiger partial charge in [0.05, 0.1) is 18.0 Å². The maximum Gasteiger partial charge on any atom is 0.168 e. The molecule has 0 radical (unpaired) electrons. The van der Waals surface area contributed by atoms with Gasteiger partial charge in [0.1, 0.15) is 21.9 Å². The summed E-state index contributed by atoms with van der Waals surface area (Å²) in [6, 6.07) is 6.13. The van der Waals surface area contributed by atoms with Gasteiger partial charge in [-0.25, -0.2) is 12.8 Å². The summed E-state index contributed by atoms with van der Waals surface area (Å²) in [5.74, 6) is -0.343. The van der Waals surface area contributed by atoms with Crippen molar-refractivity contribution in [1.82, 2.24) is 0 Å². The van der Waals surface area contributed by atoms with Crippen molar-refractivity contribution in [1.29, 1.82) is 0 Å². The van der Waals surface area contributed by atoms with Gasteiger partial charge in [0.15, 0.2) is 9.84 Å². The van der Waals surface area contributed by atoms with Crippen molar-refractivity contribution in [2.75, 3.05) is 6.61 Å². The zero-order valence-electron chi connectivity index (χ0n) is 15.0. The number of halogens is 1. The number of amidine groups is 1. The summed E-state index contributed by atoms with van der Waals surface area (Å²) in [5.41, 5.74) is 4.94. The third kappa shape index (κ3) is 2.51. The van der Waals surface area contributed by atoms with Gasteiger partial charge in [-0.15, -0.1) is 0 Å². The lowest BCUT2D eigenvalue weighted by Gasteiger charge is -2.50. The average Bonchev–Trinajstić information content (AvgIpc) is 2.53. The summed E-state index contributed by atoms with van der Waals surface area (Å²) in [6.07, 6.45) is 0.0548. The number of nitrogens with two attached hydrogens (primary N) is 1. The second kappa shape index (κ2) is 5.77. The Morgan fingerprint density at radius 1 is 1.32 bits per heavy atom. The normalized spacial score (nSPS) is 33.6. The fourth-order valence-corrected chi connectivity index (χ4v) is 5.98. The lowest BCUT2D eigenvalue weighted by Crippen LogP contribution is -2.65. The summed E-state index contributed by atoms with van der Waals surface area (Å²) >= 11 is 0. The van der Waals surface area contributed by atoms with Crippen molar-refractivity contribution < 1.29 is 17.5 Å². The predicted octanol–water partition coefficient (Wildman–Crippen LogP) is 2.40. The Labute approximate surface area is 148 Å². The van der Waals surface area contributed by atoms with Crippen molar-refractivity contribution in [3.8, 4) is 0 Å². The van der Waals surface area contributed by atoms with Crippen molar-refractivity contribution in [3.05, 3.63) is 35.6 Å². The highest BCUT2D eigenvalue weighted by atomic mass is 32.2. The molecule has 2 heterocycles. The van der Waals surface area contributed by atoms with E-state index >= 15 is 0 Å². The zero-order valence-corrected chi connectivity index (χ0v) is 15.8. The third-order valence-corrected chi connectivity index (χ3v) is 8.57. The number of aliphatic imine (C=N–C) groups is 1. The molecule has 0 saturated carbocycles. The Hall–Kier alpha value is -1.47. The van der Waals surface area contributed by atoms with Crippen LogP contribution >= 0.6 is 0 Å². The molecule has 0 bridgehead atoms. The quantitative estimate of drug-likeness (QED) is 0.869. The standard InChI is InChI=1S/C18H25FN2O3S/c1-11(2)14-9-15-18(10-24-14,12-7-5-6-8-13(12)19)21-16(20)17(3,4)25(15,22)23/h5-8,11,14-15H,9-10H2,1-4H3,(H2,20,21)/t14-,15-,18-/m1/s1. The zero-order chi connectivity index (χ0) is 18.6. The van der Waals surface area contributed by atoms with E-state index in [2.05, 4.69) is 4.99 Å². The summed E-state index contributed by atoms with van der Waals surface area (Å²) in [7, 11) is -3.70. The van der Waals surface area contributed by atoms with Crippen LogP contribution in [0.5, 0.6) is 0 Å². The number of sulfone groups is 1. The molecule has 3 rings (SSSR count). The van der Waals surface area contributed by atoms with Crippen LogP contribution in [-0.4, -0.2) is 37.0 Å². The molecule has 1 saturated heterocycles. The van der Waals surface area contributed by atoms with E-state index in [9.17, 15) is 12.8 Å². The fourth-order valence-electron chi connectivity index (χ4n) is 3.73. The van der Waals surface area contributed by atoms with Gasteiger partial charge in [0, 0.05) is 5.56 Å². The number of hydrogen-bond donors (Lipinski definition) is 1. The van der Waals surface area contributed by atoms with Crippen LogP contribution in [0.4, 0.5) is 4.39 Å². The highest BCUT2D eigenvalue weighted by Crippen LogP contribution is 2.48. The van der Waals surface area contributed by atoms with E-state index in [-0.39, 0.29) is 36.4 Å². The van der Waals surface area contributed by atoms with Gasteiger partial charge in [0.2, 0.25) is 0 Å². The minimum Gasteiger partial charge on any atom is -0.386 e. The Morgan fingerprint density at radius 3 is 2.56 bits per heavy atom. The van der Waals surface area contributed by atoms with Gasteiger partial charge in [-0.05, 0) is 32.3 Å². The fraction of sp³-hybridized carbons (Fsp3) is 0.611. The van der Waals surface area contributed by atoms with Crippen LogP contribution in [0.3, 0.4) is 0 Å². The Balaban J connectivity index is 2.27. The van der Waals surface area contributed by atoms with Crippen LogP contribution in [0.2, 0.25) is 0 Å². The third-order valence-electron chi connectivity index (χ3n) is 5.60. The predicted molar refractivity (Wildman–Crippen MR) is 95.7 cm³/mol. The Kier molecular flexibility index (Phi) is 4.23. The number of ether oxygens (including phenoxy) is 1. The van der Waals surface area contributed by atoms with E-state index in [1.165, 1.54) is 6.07 Å². The molecular weight excluding hydrogens is 343 g/mol. The molecule has 0 unspecified atom stereocenters. The molecule has 1 fully saturated rings. The maximum absolute atomic E-state index is 14.6. The first kappa shape index (κ1) is 18.3. The Morgan fingerprint density at radius 2 is 1.96 bits per heavy atom. The molecule has 2 N–H and O–H groups in total. The van der Waals surface area contributed by atoms with Gasteiger partial charge < -0.3 is 10.5 Å². The molecule has 138 valence electrons. The van der Waals surface area contributed by atoms with Gasteiger partial charge in [-0.2, -0.15) is 0 Å². The smallest absolute Gasteiger partial charge is 0.168 e. The van der Waals surface area contributed by atoms with Crippen molar-refractivity contribution in [2.24, 2.45) is 16.6 Å². The maximum atomic E-state index is 14.6. The van der Waals surface area contributed by atoms with Gasteiger partial charge in [-0.3, -0.25) is 4.99 Å². The van der Waals surface area contributed by atoms with Crippen LogP contribution in [0, 0.1) is 11.7 Å². The van der Waals surface area contributed by atoms with Crippen LogP contribution in [0.25, 0.3) is 0 Å². The van der Waals surface area contributed by atoms with E-state index < -0.39 is 31.2 Å². The molecular formula is C18H25FN2O3S. The SMILES string of the molecule is CC(C)[C@H]1C[C@@H]2[C@](c3ccccc3F)(CO1)N=C(N)C(C)(C)S2(=O)=O. The second-order valence-electron chi connectivity index (χ2n) is 7.77. The number of hydrogen-bond acceptors (Lipinski definition) is 5. The molecule has 5 nitrogen and oxygen atoms in total. The highest BCUT2D eigenvalue weighted by molar-refractivity contribution is 7.94. The topological polar surface area (TPSA) is 81.8 Å². The monoisotopic (exact) mass is 368 g/mol. The van der Waals surface area contributed by atoms with Gasteiger partial charge in [0.25, 0.3) is 0 Å². The van der Waals surface area contributed by atoms with Crippen molar-refractivity contribution >= 4 is 15.7 Å². The first-order valence-electron chi connectivity index (χ1n) is 8.50. The van der Waals surface area contributed by atoms with E-state index in [1.54, 1.807) is 32.0 Å². The van der Waals surface area contributed by atoms with Crippen LogP contribution in [-0.2, 0) is 20.1 Å². The largest absolute Gasteiger partial charge is 0.386 e. The number of nitrogens with zero attached hydrogens (tertiary/aromatic N) is 1. The number of rotatable bonds is 2. The summed E-state index contributed by atoms with van der Waals surface area (Å²) < 4.78 is 46.1. The molecule has 0 amide bonds. The number of benzene rings is 1. The molecule has 2 aliphatic rings. The van der Waals surface area contributed by atoms with Gasteiger partial charge in [-0.1, -0.05) is 32.0 Å². The summed E-state index contributed by atoms with van der Waals surface area (Å²) in [5, 5.41) is -0.875. The molecule has 0 aliphatic carbocycles. The lowest BCUT2D eigenvalue weighted by molar-refractivity contribution is -0.0500. The minimum absolute atomic E-state index is 0.00130. The van der Waals surface area contributed by atoms with Crippen LogP contribution in [0.15, 0.2) is 29.3 Å². The molecule has 25 heavy (non-hydrogen) atoms. The second-order valence-corrected chi connectivity index (χ2v) is 10.5. The molecule has 7 heteroatoms.